The predicted molar refractivity (Wildman–Crippen MR) is 125 cm³/mol. The van der Waals surface area contributed by atoms with Crippen LogP contribution in [0.5, 0.6) is 0 Å². The number of H-pyrrole nitrogens is 1. The summed E-state index contributed by atoms with van der Waals surface area (Å²) in [7, 11) is -3.58. The van der Waals surface area contributed by atoms with Crippen LogP contribution in [0.4, 0.5) is 0 Å². The lowest BCUT2D eigenvalue weighted by Gasteiger charge is -2.25. The fourth-order valence-electron chi connectivity index (χ4n) is 4.04. The van der Waals surface area contributed by atoms with E-state index in [2.05, 4.69) is 4.98 Å². The molecule has 0 saturated carbocycles. The van der Waals surface area contributed by atoms with Gasteiger partial charge in [0.1, 0.15) is 10.6 Å². The number of rotatable bonds is 8. The highest BCUT2D eigenvalue weighted by Crippen LogP contribution is 2.22. The Labute approximate surface area is 189 Å². The van der Waals surface area contributed by atoms with Gasteiger partial charge in [-0.2, -0.15) is 4.31 Å². The fourth-order valence-corrected chi connectivity index (χ4v) is 5.55. The number of carbonyl (C=O) groups is 1. The van der Waals surface area contributed by atoms with Crippen LogP contribution in [0.15, 0.2) is 77.8 Å². The van der Waals surface area contributed by atoms with Crippen molar-refractivity contribution in [3.8, 4) is 0 Å². The summed E-state index contributed by atoms with van der Waals surface area (Å²) in [5, 5.41) is 0. The van der Waals surface area contributed by atoms with Crippen molar-refractivity contribution in [2.75, 3.05) is 19.6 Å². The van der Waals surface area contributed by atoms with E-state index in [1.165, 1.54) is 16.6 Å². The SMILES string of the molecule is O=C(c1cc(S(=O)(=O)N2CCCCC2)c[nH]1)N(CCc1ccccc1)Cc1ccccc1. The van der Waals surface area contributed by atoms with Crippen LogP contribution >= 0.6 is 0 Å². The molecule has 0 unspecified atom stereocenters. The van der Waals surface area contributed by atoms with Crippen molar-refractivity contribution in [3.63, 3.8) is 0 Å². The zero-order valence-corrected chi connectivity index (χ0v) is 18.9. The molecule has 0 spiro atoms. The van der Waals surface area contributed by atoms with Gasteiger partial charge in [-0.15, -0.1) is 0 Å². The van der Waals surface area contributed by atoms with Gasteiger partial charge in [0.15, 0.2) is 0 Å². The van der Waals surface area contributed by atoms with Crippen molar-refractivity contribution in [2.45, 2.75) is 37.1 Å². The molecule has 1 N–H and O–H groups in total. The summed E-state index contributed by atoms with van der Waals surface area (Å²) in [4.78, 5) is 18.2. The molecule has 0 atom stereocenters. The Morgan fingerprint density at radius 3 is 2.19 bits per heavy atom. The maximum absolute atomic E-state index is 13.4. The summed E-state index contributed by atoms with van der Waals surface area (Å²) in [5.41, 5.74) is 2.48. The highest BCUT2D eigenvalue weighted by atomic mass is 32.2. The Balaban J connectivity index is 1.53. The Bertz CT molecular complexity index is 1120. The first-order chi connectivity index (χ1) is 15.5. The van der Waals surface area contributed by atoms with E-state index in [1.807, 2.05) is 60.7 Å². The summed E-state index contributed by atoms with van der Waals surface area (Å²) in [6.07, 6.45) is 4.96. The first-order valence-corrected chi connectivity index (χ1v) is 12.5. The highest BCUT2D eigenvalue weighted by molar-refractivity contribution is 7.89. The molecule has 1 aliphatic heterocycles. The molecule has 7 heteroatoms. The predicted octanol–water partition coefficient (Wildman–Crippen LogP) is 4.07. The summed E-state index contributed by atoms with van der Waals surface area (Å²) in [6, 6.07) is 21.3. The molecule has 0 radical (unpaired) electrons. The number of carbonyl (C=O) groups excluding carboxylic acids is 1. The smallest absolute Gasteiger partial charge is 0.270 e. The summed E-state index contributed by atoms with van der Waals surface area (Å²) < 4.78 is 27.5. The van der Waals surface area contributed by atoms with Crippen molar-refractivity contribution in [1.82, 2.24) is 14.2 Å². The maximum atomic E-state index is 13.4. The lowest BCUT2D eigenvalue weighted by Crippen LogP contribution is -2.35. The van der Waals surface area contributed by atoms with Gasteiger partial charge in [-0.1, -0.05) is 67.1 Å². The molecular formula is C25H29N3O3S. The third kappa shape index (κ3) is 5.29. The zero-order chi connectivity index (χ0) is 22.4. The topological polar surface area (TPSA) is 73.5 Å². The minimum absolute atomic E-state index is 0.158. The quantitative estimate of drug-likeness (QED) is 0.561. The normalized spacial score (nSPS) is 14.9. The molecule has 0 bridgehead atoms. The van der Waals surface area contributed by atoms with Crippen LogP contribution in [0.25, 0.3) is 0 Å². The summed E-state index contributed by atoms with van der Waals surface area (Å²) in [5.74, 6) is -0.204. The molecule has 0 aliphatic carbocycles. The Morgan fingerprint density at radius 2 is 1.53 bits per heavy atom. The number of piperidine rings is 1. The molecule has 1 saturated heterocycles. The van der Waals surface area contributed by atoms with E-state index in [-0.39, 0.29) is 10.8 Å². The first kappa shape index (κ1) is 22.3. The molecule has 4 rings (SSSR count). The van der Waals surface area contributed by atoms with Crippen molar-refractivity contribution >= 4 is 15.9 Å². The molecule has 1 aromatic heterocycles. The lowest BCUT2D eigenvalue weighted by molar-refractivity contribution is 0.0740. The molecule has 1 aliphatic rings. The van der Waals surface area contributed by atoms with E-state index in [9.17, 15) is 13.2 Å². The second-order valence-electron chi connectivity index (χ2n) is 8.16. The molecule has 32 heavy (non-hydrogen) atoms. The van der Waals surface area contributed by atoms with E-state index in [0.717, 1.165) is 36.8 Å². The number of nitrogens with one attached hydrogen (secondary N) is 1. The van der Waals surface area contributed by atoms with Crippen LogP contribution in [0.1, 0.15) is 40.9 Å². The number of nitrogens with zero attached hydrogens (tertiary/aromatic N) is 2. The number of amides is 1. The van der Waals surface area contributed by atoms with Gasteiger partial charge in [-0.05, 0) is 36.5 Å². The van der Waals surface area contributed by atoms with Gasteiger partial charge in [0, 0.05) is 32.4 Å². The van der Waals surface area contributed by atoms with Gasteiger partial charge in [0.05, 0.1) is 0 Å². The van der Waals surface area contributed by atoms with Crippen LogP contribution in [-0.4, -0.2) is 48.1 Å². The second kappa shape index (κ2) is 10.1. The van der Waals surface area contributed by atoms with Crippen molar-refractivity contribution in [1.29, 1.82) is 0 Å². The van der Waals surface area contributed by atoms with Gasteiger partial charge < -0.3 is 9.88 Å². The van der Waals surface area contributed by atoms with E-state index in [4.69, 9.17) is 0 Å². The fraction of sp³-hybridized carbons (Fsp3) is 0.320. The van der Waals surface area contributed by atoms with E-state index >= 15 is 0 Å². The Hall–Kier alpha value is -2.90. The van der Waals surface area contributed by atoms with E-state index < -0.39 is 10.0 Å². The molecule has 1 fully saturated rings. The van der Waals surface area contributed by atoms with E-state index in [0.29, 0.717) is 31.9 Å². The number of hydrogen-bond acceptors (Lipinski definition) is 3. The minimum Gasteiger partial charge on any atom is -0.356 e. The van der Waals surface area contributed by atoms with Crippen LogP contribution in [0.2, 0.25) is 0 Å². The van der Waals surface area contributed by atoms with Crippen molar-refractivity contribution < 1.29 is 13.2 Å². The third-order valence-corrected chi connectivity index (χ3v) is 7.73. The lowest BCUT2D eigenvalue weighted by atomic mass is 10.1. The Morgan fingerprint density at radius 1 is 0.906 bits per heavy atom. The van der Waals surface area contributed by atoms with Gasteiger partial charge in [-0.3, -0.25) is 4.79 Å². The monoisotopic (exact) mass is 451 g/mol. The van der Waals surface area contributed by atoms with E-state index in [1.54, 1.807) is 4.90 Å². The average Bonchev–Trinajstić information content (AvgIpc) is 3.34. The number of hydrogen-bond donors (Lipinski definition) is 1. The van der Waals surface area contributed by atoms with Crippen LogP contribution in [0, 0.1) is 0 Å². The first-order valence-electron chi connectivity index (χ1n) is 11.1. The van der Waals surface area contributed by atoms with Gasteiger partial charge in [-0.25, -0.2) is 8.42 Å². The Kier molecular flexibility index (Phi) is 7.07. The van der Waals surface area contributed by atoms with Crippen LogP contribution < -0.4 is 0 Å². The molecule has 1 amide bonds. The highest BCUT2D eigenvalue weighted by Gasteiger charge is 2.28. The van der Waals surface area contributed by atoms with Crippen LogP contribution in [-0.2, 0) is 23.0 Å². The maximum Gasteiger partial charge on any atom is 0.270 e. The van der Waals surface area contributed by atoms with Gasteiger partial charge in [0.2, 0.25) is 10.0 Å². The molecule has 6 nitrogen and oxygen atoms in total. The summed E-state index contributed by atoms with van der Waals surface area (Å²) >= 11 is 0. The number of aromatic amines is 1. The number of aromatic nitrogens is 1. The third-order valence-electron chi connectivity index (χ3n) is 5.86. The number of sulfonamides is 1. The standard InChI is InChI=1S/C25H29N3O3S/c29-25(24-18-23(19-26-24)32(30,31)28-15-8-3-9-16-28)27(20-22-12-6-2-7-13-22)17-14-21-10-4-1-5-11-21/h1-2,4-7,10-13,18-19,26H,3,8-9,14-17,20H2. The zero-order valence-electron chi connectivity index (χ0n) is 18.1. The largest absolute Gasteiger partial charge is 0.356 e. The molecule has 2 aromatic carbocycles. The van der Waals surface area contributed by atoms with Crippen molar-refractivity contribution in [2.24, 2.45) is 0 Å². The summed E-state index contributed by atoms with van der Waals surface area (Å²) in [6.45, 7) is 2.06. The molecular weight excluding hydrogens is 422 g/mol. The second-order valence-corrected chi connectivity index (χ2v) is 10.1. The molecule has 3 aromatic rings. The molecule has 2 heterocycles. The number of benzene rings is 2. The molecule has 168 valence electrons. The van der Waals surface area contributed by atoms with Gasteiger partial charge >= 0.3 is 0 Å². The van der Waals surface area contributed by atoms with Gasteiger partial charge in [0.25, 0.3) is 5.91 Å². The minimum atomic E-state index is -3.58. The van der Waals surface area contributed by atoms with Crippen LogP contribution in [0.3, 0.4) is 0 Å². The van der Waals surface area contributed by atoms with Crippen molar-refractivity contribution in [3.05, 3.63) is 89.7 Å². The average molecular weight is 452 g/mol.